The van der Waals surface area contributed by atoms with Crippen LogP contribution in [0, 0.1) is 6.92 Å². The number of aryl methyl sites for hydroxylation is 2. The molecular formula is C13H19N3OS. The average Bonchev–Trinajstić information content (AvgIpc) is 2.75. The summed E-state index contributed by atoms with van der Waals surface area (Å²) in [6, 6.07) is 2.15. The molecule has 2 aromatic heterocycles. The van der Waals surface area contributed by atoms with Gasteiger partial charge in [0.15, 0.2) is 0 Å². The number of nitrogens with zero attached hydrogens (tertiary/aromatic N) is 2. The second kappa shape index (κ2) is 5.63. The quantitative estimate of drug-likeness (QED) is 0.872. The molecule has 0 aliphatic carbocycles. The van der Waals surface area contributed by atoms with E-state index in [9.17, 15) is 5.11 Å². The van der Waals surface area contributed by atoms with E-state index in [1.54, 1.807) is 11.3 Å². The van der Waals surface area contributed by atoms with E-state index in [1.165, 1.54) is 4.88 Å². The smallest absolute Gasteiger partial charge is 0.138 e. The maximum atomic E-state index is 9.29. The molecule has 2 heterocycles. The molecule has 0 aromatic carbocycles. The Balaban J connectivity index is 2.45. The fraction of sp³-hybridized carbons (Fsp3) is 0.538. The Labute approximate surface area is 111 Å². The molecule has 5 heteroatoms. The van der Waals surface area contributed by atoms with E-state index in [1.807, 2.05) is 6.92 Å². The maximum absolute atomic E-state index is 9.29. The van der Waals surface area contributed by atoms with Gasteiger partial charge in [-0.05, 0) is 19.4 Å². The van der Waals surface area contributed by atoms with Gasteiger partial charge in [-0.25, -0.2) is 9.97 Å². The van der Waals surface area contributed by atoms with E-state index in [2.05, 4.69) is 35.2 Å². The lowest BCUT2D eigenvalue weighted by Crippen LogP contribution is -2.23. The average molecular weight is 265 g/mol. The van der Waals surface area contributed by atoms with Gasteiger partial charge in [0.25, 0.3) is 0 Å². The van der Waals surface area contributed by atoms with E-state index in [-0.39, 0.29) is 12.6 Å². The summed E-state index contributed by atoms with van der Waals surface area (Å²) in [5.41, 5.74) is 0. The molecule has 0 saturated carbocycles. The predicted octanol–water partition coefficient (Wildman–Crippen LogP) is 2.74. The third-order valence-corrected chi connectivity index (χ3v) is 3.88. The van der Waals surface area contributed by atoms with Crippen molar-refractivity contribution in [3.05, 3.63) is 16.8 Å². The molecule has 2 rings (SSSR count). The Hall–Kier alpha value is -1.20. The van der Waals surface area contributed by atoms with Crippen molar-refractivity contribution in [2.75, 3.05) is 11.9 Å². The van der Waals surface area contributed by atoms with Gasteiger partial charge in [0.05, 0.1) is 18.0 Å². The van der Waals surface area contributed by atoms with Crippen molar-refractivity contribution in [1.82, 2.24) is 9.97 Å². The molecule has 98 valence electrons. The normalized spacial score (nSPS) is 12.9. The molecule has 0 amide bonds. The number of rotatable bonds is 5. The van der Waals surface area contributed by atoms with E-state index < -0.39 is 0 Å². The Morgan fingerprint density at radius 2 is 2.17 bits per heavy atom. The largest absolute Gasteiger partial charge is 0.394 e. The lowest BCUT2D eigenvalue weighted by atomic mass is 10.2. The number of hydrogen-bond donors (Lipinski definition) is 2. The Morgan fingerprint density at radius 3 is 2.78 bits per heavy atom. The summed E-state index contributed by atoms with van der Waals surface area (Å²) in [7, 11) is 0. The molecule has 18 heavy (non-hydrogen) atoms. The lowest BCUT2D eigenvalue weighted by molar-refractivity contribution is 0.271. The number of hydrogen-bond acceptors (Lipinski definition) is 5. The van der Waals surface area contributed by atoms with Crippen molar-refractivity contribution in [3.63, 3.8) is 0 Å². The number of anilines is 1. The topological polar surface area (TPSA) is 58.0 Å². The molecule has 0 aliphatic heterocycles. The summed E-state index contributed by atoms with van der Waals surface area (Å²) in [5.74, 6) is 1.70. The van der Waals surface area contributed by atoms with Gasteiger partial charge in [-0.2, -0.15) is 0 Å². The van der Waals surface area contributed by atoms with E-state index in [0.29, 0.717) is 0 Å². The first kappa shape index (κ1) is 13.2. The molecule has 1 atom stereocenters. The first-order valence-corrected chi connectivity index (χ1v) is 7.14. The maximum Gasteiger partial charge on any atom is 0.138 e. The Kier molecular flexibility index (Phi) is 4.14. The third-order valence-electron chi connectivity index (χ3n) is 2.93. The minimum Gasteiger partial charge on any atom is -0.394 e. The fourth-order valence-corrected chi connectivity index (χ4v) is 2.72. The van der Waals surface area contributed by atoms with Gasteiger partial charge in [0.1, 0.15) is 16.5 Å². The molecular weight excluding hydrogens is 246 g/mol. The van der Waals surface area contributed by atoms with Crippen LogP contribution in [0.5, 0.6) is 0 Å². The molecule has 0 fully saturated rings. The molecule has 2 N–H and O–H groups in total. The van der Waals surface area contributed by atoms with Crippen molar-refractivity contribution in [2.24, 2.45) is 0 Å². The second-order valence-electron chi connectivity index (χ2n) is 4.35. The molecule has 0 unspecified atom stereocenters. The van der Waals surface area contributed by atoms with Gasteiger partial charge in [-0.15, -0.1) is 11.3 Å². The summed E-state index contributed by atoms with van der Waals surface area (Å²) >= 11 is 1.68. The first-order valence-electron chi connectivity index (χ1n) is 6.32. The monoisotopic (exact) mass is 265 g/mol. The first-order chi connectivity index (χ1) is 8.67. The van der Waals surface area contributed by atoms with Crippen LogP contribution in [0.4, 0.5) is 5.82 Å². The highest BCUT2D eigenvalue weighted by molar-refractivity contribution is 7.18. The van der Waals surface area contributed by atoms with Crippen LogP contribution >= 0.6 is 11.3 Å². The number of nitrogens with one attached hydrogen (secondary N) is 1. The lowest BCUT2D eigenvalue weighted by Gasteiger charge is -2.15. The predicted molar refractivity (Wildman–Crippen MR) is 76.3 cm³/mol. The van der Waals surface area contributed by atoms with Gasteiger partial charge in [0.2, 0.25) is 0 Å². The number of aliphatic hydroxyl groups is 1. The van der Waals surface area contributed by atoms with Crippen LogP contribution in [0.2, 0.25) is 0 Å². The van der Waals surface area contributed by atoms with Crippen molar-refractivity contribution in [2.45, 2.75) is 39.7 Å². The molecule has 0 radical (unpaired) electrons. The van der Waals surface area contributed by atoms with Gasteiger partial charge in [-0.1, -0.05) is 13.8 Å². The Bertz CT molecular complexity index is 534. The summed E-state index contributed by atoms with van der Waals surface area (Å²) in [5, 5.41) is 13.7. The van der Waals surface area contributed by atoms with Crippen molar-refractivity contribution < 1.29 is 5.11 Å². The third kappa shape index (κ3) is 2.62. The van der Waals surface area contributed by atoms with Gasteiger partial charge >= 0.3 is 0 Å². The summed E-state index contributed by atoms with van der Waals surface area (Å²) < 4.78 is 0. The molecule has 0 saturated heterocycles. The van der Waals surface area contributed by atoms with Crippen molar-refractivity contribution in [1.29, 1.82) is 0 Å². The molecule has 0 spiro atoms. The fourth-order valence-electron chi connectivity index (χ4n) is 1.82. The summed E-state index contributed by atoms with van der Waals surface area (Å²) in [4.78, 5) is 11.3. The van der Waals surface area contributed by atoms with Crippen LogP contribution < -0.4 is 5.32 Å². The zero-order chi connectivity index (χ0) is 13.1. The van der Waals surface area contributed by atoms with E-state index in [4.69, 9.17) is 0 Å². The molecule has 0 bridgehead atoms. The summed E-state index contributed by atoms with van der Waals surface area (Å²) in [6.07, 6.45) is 1.68. The molecule has 4 nitrogen and oxygen atoms in total. The number of aliphatic hydroxyl groups excluding tert-OH is 1. The highest BCUT2D eigenvalue weighted by atomic mass is 32.1. The molecule has 2 aromatic rings. The number of fused-ring (bicyclic) bond motifs is 1. The van der Waals surface area contributed by atoms with Crippen LogP contribution in [0.3, 0.4) is 0 Å². The zero-order valence-corrected chi connectivity index (χ0v) is 11.8. The van der Waals surface area contributed by atoms with Crippen LogP contribution in [-0.4, -0.2) is 27.7 Å². The van der Waals surface area contributed by atoms with Gasteiger partial charge in [-0.3, -0.25) is 0 Å². The summed E-state index contributed by atoms with van der Waals surface area (Å²) in [6.45, 7) is 6.29. The SMILES string of the molecule is CCc1nc(N[C@@H](CC)CO)c2cc(C)sc2n1. The van der Waals surface area contributed by atoms with Crippen LogP contribution in [0.15, 0.2) is 6.07 Å². The Morgan fingerprint density at radius 1 is 1.39 bits per heavy atom. The van der Waals surface area contributed by atoms with Crippen molar-refractivity contribution >= 4 is 27.4 Å². The van der Waals surface area contributed by atoms with Gasteiger partial charge < -0.3 is 10.4 Å². The highest BCUT2D eigenvalue weighted by Crippen LogP contribution is 2.29. The van der Waals surface area contributed by atoms with Crippen molar-refractivity contribution in [3.8, 4) is 0 Å². The van der Waals surface area contributed by atoms with E-state index in [0.717, 1.165) is 34.7 Å². The molecule has 0 aliphatic rings. The van der Waals surface area contributed by atoms with Crippen LogP contribution in [0.1, 0.15) is 31.0 Å². The number of aromatic nitrogens is 2. The van der Waals surface area contributed by atoms with Crippen LogP contribution in [-0.2, 0) is 6.42 Å². The minimum atomic E-state index is 0.0491. The highest BCUT2D eigenvalue weighted by Gasteiger charge is 2.12. The zero-order valence-electron chi connectivity index (χ0n) is 11.0. The van der Waals surface area contributed by atoms with E-state index >= 15 is 0 Å². The van der Waals surface area contributed by atoms with Crippen LogP contribution in [0.25, 0.3) is 10.2 Å². The minimum absolute atomic E-state index is 0.0491. The number of thiophene rings is 1. The second-order valence-corrected chi connectivity index (χ2v) is 5.58. The van der Waals surface area contributed by atoms with Gasteiger partial charge in [0, 0.05) is 11.3 Å². The standard InChI is InChI=1S/C13H19N3OS/c1-4-9(7-17)14-12-10-6-8(3)18-13(10)16-11(5-2)15-12/h6,9,17H,4-5,7H2,1-3H3,(H,14,15,16)/t9-/m0/s1.